The van der Waals surface area contributed by atoms with Crippen LogP contribution in [0.2, 0.25) is 0 Å². The summed E-state index contributed by atoms with van der Waals surface area (Å²) >= 11 is 0. The Balaban J connectivity index is 1.97. The molecule has 3 heteroatoms. The van der Waals surface area contributed by atoms with Crippen molar-refractivity contribution >= 4 is 0 Å². The zero-order valence-electron chi connectivity index (χ0n) is 11.9. The van der Waals surface area contributed by atoms with Crippen LogP contribution >= 0.6 is 0 Å². The van der Waals surface area contributed by atoms with Gasteiger partial charge in [0.1, 0.15) is 0 Å². The molecular formula is C16H21N3. The van der Waals surface area contributed by atoms with E-state index in [1.165, 1.54) is 35.1 Å². The first-order chi connectivity index (χ1) is 9.19. The van der Waals surface area contributed by atoms with Gasteiger partial charge in [-0.3, -0.25) is 4.68 Å². The Bertz CT molecular complexity index is 598. The van der Waals surface area contributed by atoms with Crippen LogP contribution in [0.25, 0.3) is 11.1 Å². The van der Waals surface area contributed by atoms with Crippen molar-refractivity contribution in [2.45, 2.75) is 32.7 Å². The minimum atomic E-state index is 0.545. The molecule has 0 fully saturated rings. The van der Waals surface area contributed by atoms with Crippen LogP contribution < -0.4 is 5.32 Å². The lowest BCUT2D eigenvalue weighted by Gasteiger charge is -2.12. The summed E-state index contributed by atoms with van der Waals surface area (Å²) in [7, 11) is 1.98. The van der Waals surface area contributed by atoms with Crippen LogP contribution in [0.15, 0.2) is 24.4 Å². The largest absolute Gasteiger partial charge is 0.310 e. The van der Waals surface area contributed by atoms with Crippen molar-refractivity contribution in [3.05, 3.63) is 41.2 Å². The molecule has 0 bridgehead atoms. The Labute approximate surface area is 114 Å². The summed E-state index contributed by atoms with van der Waals surface area (Å²) < 4.78 is 1.89. The average Bonchev–Trinajstić information content (AvgIpc) is 2.93. The minimum absolute atomic E-state index is 0.545. The first kappa shape index (κ1) is 12.4. The zero-order chi connectivity index (χ0) is 13.4. The quantitative estimate of drug-likeness (QED) is 0.913. The second kappa shape index (κ2) is 4.82. The molecule has 0 aliphatic heterocycles. The van der Waals surface area contributed by atoms with Gasteiger partial charge in [-0.15, -0.1) is 0 Å². The minimum Gasteiger partial charge on any atom is -0.310 e. The topological polar surface area (TPSA) is 29.9 Å². The number of rotatable bonds is 3. The molecule has 100 valence electrons. The molecule has 0 saturated carbocycles. The number of aromatic nitrogens is 2. The van der Waals surface area contributed by atoms with Gasteiger partial charge in [0.25, 0.3) is 0 Å². The average molecular weight is 255 g/mol. The molecule has 1 unspecified atom stereocenters. The van der Waals surface area contributed by atoms with Crippen molar-refractivity contribution in [1.29, 1.82) is 0 Å². The van der Waals surface area contributed by atoms with Gasteiger partial charge in [-0.25, -0.2) is 0 Å². The van der Waals surface area contributed by atoms with Gasteiger partial charge in [0.2, 0.25) is 0 Å². The summed E-state index contributed by atoms with van der Waals surface area (Å²) in [6, 6.07) is 7.41. The van der Waals surface area contributed by atoms with Crippen molar-refractivity contribution in [3.63, 3.8) is 0 Å². The van der Waals surface area contributed by atoms with Gasteiger partial charge in [-0.05, 0) is 43.0 Å². The maximum absolute atomic E-state index is 4.43. The van der Waals surface area contributed by atoms with Gasteiger partial charge in [0, 0.05) is 24.8 Å². The summed E-state index contributed by atoms with van der Waals surface area (Å²) in [5.74, 6) is 0. The lowest BCUT2D eigenvalue weighted by Crippen LogP contribution is -2.18. The first-order valence-electron chi connectivity index (χ1n) is 7.06. The molecule has 3 rings (SSSR count). The van der Waals surface area contributed by atoms with Crippen LogP contribution in [-0.4, -0.2) is 16.3 Å². The van der Waals surface area contributed by atoms with Gasteiger partial charge >= 0.3 is 0 Å². The van der Waals surface area contributed by atoms with Gasteiger partial charge in [-0.2, -0.15) is 5.10 Å². The Morgan fingerprint density at radius 2 is 2.26 bits per heavy atom. The van der Waals surface area contributed by atoms with Crippen LogP contribution in [0.3, 0.4) is 0 Å². The molecule has 0 spiro atoms. The summed E-state index contributed by atoms with van der Waals surface area (Å²) in [5.41, 5.74) is 6.61. The van der Waals surface area contributed by atoms with E-state index < -0.39 is 0 Å². The van der Waals surface area contributed by atoms with Gasteiger partial charge in [-0.1, -0.05) is 25.1 Å². The first-order valence-corrected chi connectivity index (χ1v) is 7.06. The molecule has 0 saturated heterocycles. The molecule has 3 nitrogen and oxygen atoms in total. The van der Waals surface area contributed by atoms with E-state index in [0.29, 0.717) is 6.04 Å². The van der Waals surface area contributed by atoms with E-state index in [1.807, 2.05) is 11.7 Å². The summed E-state index contributed by atoms with van der Waals surface area (Å²) in [6.45, 7) is 5.28. The summed E-state index contributed by atoms with van der Waals surface area (Å²) in [4.78, 5) is 0. The third-order valence-electron chi connectivity index (χ3n) is 4.00. The fourth-order valence-corrected chi connectivity index (χ4v) is 3.13. The standard InChI is InChI=1S/C16H21N3/c1-4-17-16-8-6-12-9-13(5-7-14(12)16)15-10-19(3)18-11(15)2/h5,7,9-10,16-17H,4,6,8H2,1-3H3. The zero-order valence-corrected chi connectivity index (χ0v) is 11.9. The molecule has 1 aromatic carbocycles. The van der Waals surface area contributed by atoms with Crippen molar-refractivity contribution in [2.75, 3.05) is 6.54 Å². The van der Waals surface area contributed by atoms with E-state index in [1.54, 1.807) is 0 Å². The SMILES string of the molecule is CCNC1CCc2cc(-c3cn(C)nc3C)ccc21. The van der Waals surface area contributed by atoms with Crippen molar-refractivity contribution in [1.82, 2.24) is 15.1 Å². The van der Waals surface area contributed by atoms with Crippen molar-refractivity contribution < 1.29 is 0 Å². The van der Waals surface area contributed by atoms with Gasteiger partial charge in [0.05, 0.1) is 5.69 Å². The highest BCUT2D eigenvalue weighted by Crippen LogP contribution is 2.34. The maximum atomic E-state index is 4.43. The summed E-state index contributed by atoms with van der Waals surface area (Å²) in [6.07, 6.45) is 4.51. The van der Waals surface area contributed by atoms with E-state index in [2.05, 4.69) is 48.7 Å². The fourth-order valence-electron chi connectivity index (χ4n) is 3.13. The molecule has 1 aliphatic rings. The smallest absolute Gasteiger partial charge is 0.0671 e. The molecule has 1 N–H and O–H groups in total. The fraction of sp³-hybridized carbons (Fsp3) is 0.438. The molecule has 1 heterocycles. The molecule has 2 aromatic rings. The Hall–Kier alpha value is -1.61. The third-order valence-corrected chi connectivity index (χ3v) is 4.00. The number of hydrogen-bond donors (Lipinski definition) is 1. The number of benzene rings is 1. The molecule has 1 aliphatic carbocycles. The molecule has 19 heavy (non-hydrogen) atoms. The van der Waals surface area contributed by atoms with E-state index in [4.69, 9.17) is 0 Å². The third kappa shape index (κ3) is 2.19. The lowest BCUT2D eigenvalue weighted by molar-refractivity contribution is 0.549. The molecule has 0 amide bonds. The van der Waals surface area contributed by atoms with E-state index in [9.17, 15) is 0 Å². The lowest BCUT2D eigenvalue weighted by atomic mass is 10.0. The normalized spacial score (nSPS) is 17.7. The second-order valence-corrected chi connectivity index (χ2v) is 5.36. The number of nitrogens with zero attached hydrogens (tertiary/aromatic N) is 2. The highest BCUT2D eigenvalue weighted by atomic mass is 15.2. The Morgan fingerprint density at radius 3 is 2.95 bits per heavy atom. The van der Waals surface area contributed by atoms with E-state index in [0.717, 1.165) is 12.2 Å². The van der Waals surface area contributed by atoms with E-state index in [-0.39, 0.29) is 0 Å². The number of fused-ring (bicyclic) bond motifs is 1. The van der Waals surface area contributed by atoms with Crippen LogP contribution in [0.5, 0.6) is 0 Å². The Morgan fingerprint density at radius 1 is 1.42 bits per heavy atom. The van der Waals surface area contributed by atoms with Gasteiger partial charge < -0.3 is 5.32 Å². The summed E-state index contributed by atoms with van der Waals surface area (Å²) in [5, 5.41) is 7.99. The highest BCUT2D eigenvalue weighted by Gasteiger charge is 2.22. The van der Waals surface area contributed by atoms with Crippen LogP contribution in [-0.2, 0) is 13.5 Å². The van der Waals surface area contributed by atoms with Crippen LogP contribution in [0, 0.1) is 6.92 Å². The number of nitrogens with one attached hydrogen (secondary N) is 1. The molecular weight excluding hydrogens is 234 g/mol. The maximum Gasteiger partial charge on any atom is 0.0671 e. The predicted molar refractivity (Wildman–Crippen MR) is 78.1 cm³/mol. The predicted octanol–water partition coefficient (Wildman–Crippen LogP) is 2.99. The van der Waals surface area contributed by atoms with E-state index >= 15 is 0 Å². The van der Waals surface area contributed by atoms with Crippen molar-refractivity contribution in [2.24, 2.45) is 7.05 Å². The number of hydrogen-bond acceptors (Lipinski definition) is 2. The van der Waals surface area contributed by atoms with Crippen LogP contribution in [0.1, 0.15) is 36.2 Å². The van der Waals surface area contributed by atoms with Gasteiger partial charge in [0.15, 0.2) is 0 Å². The van der Waals surface area contributed by atoms with Crippen molar-refractivity contribution in [3.8, 4) is 11.1 Å². The Kier molecular flexibility index (Phi) is 3.15. The molecule has 1 aromatic heterocycles. The van der Waals surface area contributed by atoms with Crippen LogP contribution in [0.4, 0.5) is 0 Å². The molecule has 1 atom stereocenters. The molecule has 0 radical (unpaired) electrons. The second-order valence-electron chi connectivity index (χ2n) is 5.36. The number of aryl methyl sites for hydroxylation is 3. The highest BCUT2D eigenvalue weighted by molar-refractivity contribution is 5.67. The monoisotopic (exact) mass is 255 g/mol.